The van der Waals surface area contributed by atoms with Crippen LogP contribution < -0.4 is 10.6 Å². The lowest BCUT2D eigenvalue weighted by Crippen LogP contribution is -2.53. The second-order valence-electron chi connectivity index (χ2n) is 4.70. The number of oxime groups is 1. The first-order valence-electron chi connectivity index (χ1n) is 6.34. The van der Waals surface area contributed by atoms with Crippen LogP contribution in [0.4, 0.5) is 5.69 Å². The molecular formula is C13H19ClN4O. The Morgan fingerprint density at radius 1 is 1.37 bits per heavy atom. The van der Waals surface area contributed by atoms with E-state index in [0.29, 0.717) is 0 Å². The molecule has 0 spiro atoms. The van der Waals surface area contributed by atoms with E-state index in [4.69, 9.17) is 22.5 Å². The minimum absolute atomic E-state index is 0.0356. The first-order valence-corrected chi connectivity index (χ1v) is 6.71. The molecule has 0 radical (unpaired) electrons. The SMILES string of the molecule is CC(C(N)=NO)N1CCN(c2cccc(Cl)c2)CC1. The van der Waals surface area contributed by atoms with E-state index < -0.39 is 0 Å². The molecule has 6 heteroatoms. The van der Waals surface area contributed by atoms with E-state index in [2.05, 4.69) is 21.0 Å². The summed E-state index contributed by atoms with van der Waals surface area (Å²) in [4.78, 5) is 4.50. The summed E-state index contributed by atoms with van der Waals surface area (Å²) in [6.07, 6.45) is 0. The van der Waals surface area contributed by atoms with Crippen molar-refractivity contribution in [3.63, 3.8) is 0 Å². The number of nitrogens with zero attached hydrogens (tertiary/aromatic N) is 3. The Balaban J connectivity index is 1.96. The summed E-state index contributed by atoms with van der Waals surface area (Å²) in [6, 6.07) is 7.84. The lowest BCUT2D eigenvalue weighted by Gasteiger charge is -2.38. The fraction of sp³-hybridized carbons (Fsp3) is 0.462. The quantitative estimate of drug-likeness (QED) is 0.382. The van der Waals surface area contributed by atoms with Crippen molar-refractivity contribution in [1.82, 2.24) is 4.90 Å². The number of rotatable bonds is 3. The zero-order valence-electron chi connectivity index (χ0n) is 11.0. The van der Waals surface area contributed by atoms with Gasteiger partial charge in [-0.05, 0) is 25.1 Å². The zero-order chi connectivity index (χ0) is 13.8. The van der Waals surface area contributed by atoms with Gasteiger partial charge >= 0.3 is 0 Å². The highest BCUT2D eigenvalue weighted by Crippen LogP contribution is 2.21. The molecule has 3 N–H and O–H groups in total. The van der Waals surface area contributed by atoms with Crippen molar-refractivity contribution in [2.75, 3.05) is 31.1 Å². The van der Waals surface area contributed by atoms with E-state index in [9.17, 15) is 0 Å². The number of benzene rings is 1. The highest BCUT2D eigenvalue weighted by Gasteiger charge is 2.23. The first kappa shape index (κ1) is 14.0. The van der Waals surface area contributed by atoms with Crippen molar-refractivity contribution >= 4 is 23.1 Å². The van der Waals surface area contributed by atoms with Gasteiger partial charge in [0, 0.05) is 36.9 Å². The molecule has 1 aliphatic rings. The van der Waals surface area contributed by atoms with Gasteiger partial charge < -0.3 is 15.8 Å². The van der Waals surface area contributed by atoms with Crippen molar-refractivity contribution in [2.45, 2.75) is 13.0 Å². The minimum Gasteiger partial charge on any atom is -0.409 e. The van der Waals surface area contributed by atoms with Crippen LogP contribution in [0, 0.1) is 0 Å². The summed E-state index contributed by atoms with van der Waals surface area (Å²) in [7, 11) is 0. The van der Waals surface area contributed by atoms with E-state index in [1.807, 2.05) is 25.1 Å². The number of piperazine rings is 1. The van der Waals surface area contributed by atoms with Crippen molar-refractivity contribution in [3.8, 4) is 0 Å². The summed E-state index contributed by atoms with van der Waals surface area (Å²) in [5, 5.41) is 12.5. The van der Waals surface area contributed by atoms with Gasteiger partial charge in [0.25, 0.3) is 0 Å². The number of anilines is 1. The summed E-state index contributed by atoms with van der Waals surface area (Å²) in [5.74, 6) is 0.260. The second kappa shape index (κ2) is 6.12. The largest absolute Gasteiger partial charge is 0.409 e. The lowest BCUT2D eigenvalue weighted by atomic mass is 10.2. The van der Waals surface area contributed by atoms with Crippen molar-refractivity contribution in [3.05, 3.63) is 29.3 Å². The number of nitrogens with two attached hydrogens (primary N) is 1. The van der Waals surface area contributed by atoms with E-state index >= 15 is 0 Å². The van der Waals surface area contributed by atoms with Gasteiger partial charge in [-0.3, -0.25) is 4.90 Å². The van der Waals surface area contributed by atoms with Crippen LogP contribution in [-0.4, -0.2) is 48.2 Å². The van der Waals surface area contributed by atoms with Crippen molar-refractivity contribution < 1.29 is 5.21 Å². The third-order valence-corrected chi connectivity index (χ3v) is 3.81. The summed E-state index contributed by atoms with van der Waals surface area (Å²) >= 11 is 6.01. The van der Waals surface area contributed by atoms with Crippen molar-refractivity contribution in [1.29, 1.82) is 0 Å². The number of halogens is 1. The van der Waals surface area contributed by atoms with Gasteiger partial charge in [0.15, 0.2) is 5.84 Å². The van der Waals surface area contributed by atoms with Crippen LogP contribution in [0.5, 0.6) is 0 Å². The Hall–Kier alpha value is -1.46. The van der Waals surface area contributed by atoms with Crippen LogP contribution in [0.2, 0.25) is 5.02 Å². The van der Waals surface area contributed by atoms with Crippen LogP contribution in [0.3, 0.4) is 0 Å². The molecule has 1 saturated heterocycles. The monoisotopic (exact) mass is 282 g/mol. The Labute approximate surface area is 118 Å². The Kier molecular flexibility index (Phi) is 4.50. The molecule has 2 rings (SSSR count). The summed E-state index contributed by atoms with van der Waals surface area (Å²) < 4.78 is 0. The molecule has 0 saturated carbocycles. The predicted octanol–water partition coefficient (Wildman–Crippen LogP) is 1.60. The van der Waals surface area contributed by atoms with E-state index in [-0.39, 0.29) is 11.9 Å². The van der Waals surface area contributed by atoms with Crippen LogP contribution in [0.25, 0.3) is 0 Å². The van der Waals surface area contributed by atoms with Crippen LogP contribution >= 0.6 is 11.6 Å². The van der Waals surface area contributed by atoms with Gasteiger partial charge in [0.2, 0.25) is 0 Å². The number of hydrogen-bond donors (Lipinski definition) is 2. The molecule has 0 amide bonds. The van der Waals surface area contributed by atoms with Gasteiger partial charge in [-0.15, -0.1) is 0 Å². The fourth-order valence-corrected chi connectivity index (χ4v) is 2.50. The maximum atomic E-state index is 8.71. The lowest BCUT2D eigenvalue weighted by molar-refractivity contribution is 0.230. The summed E-state index contributed by atoms with van der Waals surface area (Å²) in [6.45, 7) is 5.52. The highest BCUT2D eigenvalue weighted by molar-refractivity contribution is 6.30. The second-order valence-corrected chi connectivity index (χ2v) is 5.14. The van der Waals surface area contributed by atoms with Crippen LogP contribution in [0.15, 0.2) is 29.4 Å². The molecule has 1 aromatic carbocycles. The van der Waals surface area contributed by atoms with Gasteiger partial charge in [-0.25, -0.2) is 0 Å². The molecule has 19 heavy (non-hydrogen) atoms. The molecule has 1 atom stereocenters. The molecule has 1 heterocycles. The van der Waals surface area contributed by atoms with Gasteiger partial charge in [0.1, 0.15) is 0 Å². The molecule has 0 aliphatic carbocycles. The van der Waals surface area contributed by atoms with E-state index in [1.165, 1.54) is 0 Å². The van der Waals surface area contributed by atoms with Crippen LogP contribution in [-0.2, 0) is 0 Å². The maximum absolute atomic E-state index is 8.71. The van der Waals surface area contributed by atoms with Gasteiger partial charge in [0.05, 0.1) is 6.04 Å². The maximum Gasteiger partial charge on any atom is 0.156 e. The zero-order valence-corrected chi connectivity index (χ0v) is 11.7. The van der Waals surface area contributed by atoms with Gasteiger partial charge in [-0.1, -0.05) is 22.8 Å². The molecule has 104 valence electrons. The Morgan fingerprint density at radius 3 is 2.63 bits per heavy atom. The standard InChI is InChI=1S/C13H19ClN4O/c1-10(13(15)16-19)17-5-7-18(8-6-17)12-4-2-3-11(14)9-12/h2-4,9-10,19H,5-8H2,1H3,(H2,15,16). The third-order valence-electron chi connectivity index (χ3n) is 3.58. The fourth-order valence-electron chi connectivity index (χ4n) is 2.31. The van der Waals surface area contributed by atoms with Gasteiger partial charge in [-0.2, -0.15) is 0 Å². The minimum atomic E-state index is -0.0356. The topological polar surface area (TPSA) is 65.1 Å². The first-order chi connectivity index (χ1) is 9.11. The molecular weight excluding hydrogens is 264 g/mol. The normalized spacial score (nSPS) is 19.5. The number of hydrogen-bond acceptors (Lipinski definition) is 4. The molecule has 1 aromatic rings. The van der Waals surface area contributed by atoms with E-state index in [1.54, 1.807) is 0 Å². The average Bonchev–Trinajstić information content (AvgIpc) is 2.46. The molecule has 5 nitrogen and oxygen atoms in total. The predicted molar refractivity (Wildman–Crippen MR) is 78.1 cm³/mol. The Bertz CT molecular complexity index is 458. The van der Waals surface area contributed by atoms with Crippen LogP contribution in [0.1, 0.15) is 6.92 Å². The molecule has 1 aliphatic heterocycles. The van der Waals surface area contributed by atoms with Crippen molar-refractivity contribution in [2.24, 2.45) is 10.9 Å². The third kappa shape index (κ3) is 3.30. The number of amidine groups is 1. The Morgan fingerprint density at radius 2 is 2.05 bits per heavy atom. The molecule has 0 bridgehead atoms. The highest BCUT2D eigenvalue weighted by atomic mass is 35.5. The molecule has 1 fully saturated rings. The molecule has 0 aromatic heterocycles. The molecule has 1 unspecified atom stereocenters. The average molecular weight is 283 g/mol. The smallest absolute Gasteiger partial charge is 0.156 e. The van der Waals surface area contributed by atoms with E-state index in [0.717, 1.165) is 36.9 Å². The summed E-state index contributed by atoms with van der Waals surface area (Å²) in [5.41, 5.74) is 6.78.